The summed E-state index contributed by atoms with van der Waals surface area (Å²) in [4.78, 5) is 0. The number of rotatable bonds is 0. The van der Waals surface area contributed by atoms with Crippen molar-refractivity contribution >= 4 is 10.7 Å². The van der Waals surface area contributed by atoms with Crippen LogP contribution in [0.15, 0.2) is 0 Å². The molecule has 0 atom stereocenters. The molecule has 0 fully saturated rings. The van der Waals surface area contributed by atoms with Crippen LogP contribution in [-0.4, -0.2) is 10.5 Å². The highest BCUT2D eigenvalue weighted by Crippen LogP contribution is 1.97. The molecule has 0 rings (SSSR count). The van der Waals surface area contributed by atoms with Crippen LogP contribution in [0.1, 0.15) is 0 Å². The second kappa shape index (κ2) is 1.01. The minimum absolute atomic E-state index is 0.410. The van der Waals surface area contributed by atoms with Gasteiger partial charge in [0.05, 0.1) is 0 Å². The third kappa shape index (κ3) is 162000. The lowest BCUT2D eigenvalue weighted by Crippen LogP contribution is -1.83. The topological polar surface area (TPSA) is 17.1 Å². The first-order valence-corrected chi connectivity index (χ1v) is 2.90. The molecule has 0 spiro atoms. The van der Waals surface area contributed by atoms with Crippen molar-refractivity contribution in [3.05, 3.63) is 0 Å². The molecule has 0 saturated carbocycles. The maximum Gasteiger partial charge on any atom is 0.149 e. The van der Waals surface area contributed by atoms with Gasteiger partial charge in [-0.05, 0) is 0 Å². The quantitative estimate of drug-likeness (QED) is 0.346. The van der Waals surface area contributed by atoms with Gasteiger partial charge >= 0.3 is 0 Å². The molecule has 0 aliphatic heterocycles. The van der Waals surface area contributed by atoms with Crippen LogP contribution in [0.2, 0.25) is 0 Å². The highest BCUT2D eigenvalue weighted by molar-refractivity contribution is 7.92. The van der Waals surface area contributed by atoms with Crippen LogP contribution in [-0.2, 0) is 10.7 Å². The average Bonchev–Trinajstić information content (AvgIpc) is 0.722. The summed E-state index contributed by atoms with van der Waals surface area (Å²) in [6, 6.07) is 0. The van der Waals surface area contributed by atoms with Crippen LogP contribution >= 0.6 is 0 Å². The van der Waals surface area contributed by atoms with E-state index in [9.17, 15) is 7.77 Å². The fraction of sp³-hybridized carbons (Fsp3) is 1.00. The smallest absolute Gasteiger partial charge is 0.149 e. The normalized spacial score (nSPS) is 15.0. The molecule has 0 radical (unpaired) electrons. The molecule has 0 unspecified atom stereocenters. The lowest BCUT2D eigenvalue weighted by molar-refractivity contribution is 0.582. The highest BCUT2D eigenvalue weighted by Gasteiger charge is 1.90. The SMILES string of the molecule is C[SH](=O)(F)F. The summed E-state index contributed by atoms with van der Waals surface area (Å²) in [5, 5.41) is 0. The Morgan fingerprint density at radius 3 is 1.60 bits per heavy atom. The Hall–Kier alpha value is 0.01000. The minimum atomic E-state index is -4.64. The van der Waals surface area contributed by atoms with E-state index in [1.165, 1.54) is 0 Å². The van der Waals surface area contributed by atoms with Crippen molar-refractivity contribution in [2.24, 2.45) is 0 Å². The standard InChI is InChI=1S/CH4F2OS/c1-5(2,3)4/h5H,1H3. The van der Waals surface area contributed by atoms with E-state index in [-0.39, 0.29) is 0 Å². The summed E-state index contributed by atoms with van der Waals surface area (Å²) < 4.78 is 30.0. The zero-order chi connectivity index (χ0) is 4.50. The maximum absolute atomic E-state index is 10.6. The molecule has 0 aliphatic rings. The fourth-order valence-electron chi connectivity index (χ4n) is 0. The van der Waals surface area contributed by atoms with E-state index in [1.54, 1.807) is 0 Å². The first kappa shape index (κ1) is 5.01. The maximum atomic E-state index is 10.6. The summed E-state index contributed by atoms with van der Waals surface area (Å²) in [7, 11) is -4.64. The van der Waals surface area contributed by atoms with E-state index in [0.717, 1.165) is 0 Å². The van der Waals surface area contributed by atoms with Crippen LogP contribution in [0.3, 0.4) is 0 Å². The first-order valence-electron chi connectivity index (χ1n) is 0.968. The van der Waals surface area contributed by atoms with Crippen LogP contribution in [0.4, 0.5) is 7.77 Å². The first-order chi connectivity index (χ1) is 2.00. The van der Waals surface area contributed by atoms with Gasteiger partial charge in [0.15, 0.2) is 0 Å². The van der Waals surface area contributed by atoms with Gasteiger partial charge in [0.25, 0.3) is 0 Å². The van der Waals surface area contributed by atoms with Crippen LogP contribution < -0.4 is 0 Å². The van der Waals surface area contributed by atoms with Gasteiger partial charge in [0, 0.05) is 6.26 Å². The van der Waals surface area contributed by atoms with Gasteiger partial charge in [-0.15, -0.1) is 7.77 Å². The van der Waals surface area contributed by atoms with Crippen LogP contribution in [0.25, 0.3) is 0 Å². The Morgan fingerprint density at radius 2 is 1.60 bits per heavy atom. The van der Waals surface area contributed by atoms with Gasteiger partial charge in [-0.1, -0.05) is 0 Å². The number of thiol groups is 1. The second-order valence-electron chi connectivity index (χ2n) is 0.723. The van der Waals surface area contributed by atoms with Crippen molar-refractivity contribution in [3.63, 3.8) is 0 Å². The predicted octanol–water partition coefficient (Wildman–Crippen LogP) is 0.402. The summed E-state index contributed by atoms with van der Waals surface area (Å²) >= 11 is 0. The number of halogens is 2. The lowest BCUT2D eigenvalue weighted by Gasteiger charge is -1.85. The third-order valence-corrected chi connectivity index (χ3v) is 0. The molecule has 0 aliphatic carbocycles. The molecule has 0 aromatic rings. The molecule has 1 nitrogen and oxygen atoms in total. The Kier molecular flexibility index (Phi) is 1.01. The predicted molar refractivity (Wildman–Crippen MR) is 17.7 cm³/mol. The van der Waals surface area contributed by atoms with E-state index in [2.05, 4.69) is 0 Å². The molecule has 0 saturated heterocycles. The van der Waals surface area contributed by atoms with Crippen molar-refractivity contribution < 1.29 is 12.0 Å². The highest BCUT2D eigenvalue weighted by atomic mass is 32.3. The zero-order valence-electron chi connectivity index (χ0n) is 2.61. The summed E-state index contributed by atoms with van der Waals surface area (Å²) in [6.07, 6.45) is 0.410. The van der Waals surface area contributed by atoms with Gasteiger partial charge in [-0.2, -0.15) is 0 Å². The lowest BCUT2D eigenvalue weighted by atomic mass is 12.0. The molecule has 0 aromatic heterocycles. The van der Waals surface area contributed by atoms with Gasteiger partial charge < -0.3 is 0 Å². The Bertz CT molecular complexity index is 55.8. The van der Waals surface area contributed by atoms with Gasteiger partial charge in [0.2, 0.25) is 0 Å². The molecular formula is CH4F2OS. The average molecular weight is 102 g/mol. The third-order valence-electron chi connectivity index (χ3n) is 0. The van der Waals surface area contributed by atoms with E-state index in [1.807, 2.05) is 0 Å². The monoisotopic (exact) mass is 102 g/mol. The van der Waals surface area contributed by atoms with Gasteiger partial charge in [0.1, 0.15) is 10.7 Å². The molecular weight excluding hydrogens is 98.1 g/mol. The number of hydrogen-bond donors (Lipinski definition) is 1. The minimum Gasteiger partial charge on any atom is -0.226 e. The number of hydrogen-bond acceptors (Lipinski definition) is 1. The van der Waals surface area contributed by atoms with E-state index in [4.69, 9.17) is 4.21 Å². The van der Waals surface area contributed by atoms with Crippen molar-refractivity contribution in [1.29, 1.82) is 0 Å². The van der Waals surface area contributed by atoms with Gasteiger partial charge in [-0.3, -0.25) is 0 Å². The Balaban J connectivity index is 3.47. The molecule has 4 heteroatoms. The zero-order valence-corrected chi connectivity index (χ0v) is 3.51. The molecule has 5 heavy (non-hydrogen) atoms. The molecule has 0 heterocycles. The molecule has 0 bridgehead atoms. The second-order valence-corrected chi connectivity index (χ2v) is 2.17. The molecule has 0 N–H and O–H groups in total. The molecule has 0 amide bonds. The summed E-state index contributed by atoms with van der Waals surface area (Å²) in [5.41, 5.74) is 0. The van der Waals surface area contributed by atoms with Crippen LogP contribution in [0.5, 0.6) is 0 Å². The van der Waals surface area contributed by atoms with Crippen molar-refractivity contribution in [1.82, 2.24) is 0 Å². The summed E-state index contributed by atoms with van der Waals surface area (Å²) in [6.45, 7) is 0. The van der Waals surface area contributed by atoms with Crippen molar-refractivity contribution in [2.45, 2.75) is 0 Å². The molecule has 34 valence electrons. The van der Waals surface area contributed by atoms with Gasteiger partial charge in [-0.25, -0.2) is 4.21 Å². The molecule has 0 aromatic carbocycles. The van der Waals surface area contributed by atoms with Crippen molar-refractivity contribution in [3.8, 4) is 0 Å². The Labute approximate surface area is 30.0 Å². The van der Waals surface area contributed by atoms with E-state index in [0.29, 0.717) is 6.26 Å². The van der Waals surface area contributed by atoms with Crippen LogP contribution in [0, 0.1) is 0 Å². The summed E-state index contributed by atoms with van der Waals surface area (Å²) in [5.74, 6) is 0. The fourth-order valence-corrected chi connectivity index (χ4v) is 0. The largest absolute Gasteiger partial charge is 0.226 e. The van der Waals surface area contributed by atoms with Crippen molar-refractivity contribution in [2.75, 3.05) is 6.26 Å². The van der Waals surface area contributed by atoms with E-state index < -0.39 is 10.7 Å². The Morgan fingerprint density at radius 1 is 1.60 bits per heavy atom. The van der Waals surface area contributed by atoms with E-state index >= 15 is 0 Å².